The summed E-state index contributed by atoms with van der Waals surface area (Å²) >= 11 is 0. The number of phenolic OH excluding ortho intramolecular Hbond substituents is 6. The van der Waals surface area contributed by atoms with Crippen molar-refractivity contribution in [2.45, 2.75) is 36.8 Å². The van der Waals surface area contributed by atoms with Crippen molar-refractivity contribution in [2.75, 3.05) is 0 Å². The lowest BCUT2D eigenvalue weighted by Gasteiger charge is -2.39. The maximum Gasteiger partial charge on any atom is 0.335 e. The zero-order chi connectivity index (χ0) is 34.8. The summed E-state index contributed by atoms with van der Waals surface area (Å²) < 4.78 is 10.3. The fourth-order valence-electron chi connectivity index (χ4n) is 4.67. The van der Waals surface area contributed by atoms with E-state index in [0.29, 0.717) is 5.56 Å². The predicted molar refractivity (Wildman–Crippen MR) is 159 cm³/mol. The van der Waals surface area contributed by atoms with Gasteiger partial charge in [-0.05, 0) is 42.0 Å². The van der Waals surface area contributed by atoms with Crippen LogP contribution in [0.1, 0.15) is 18.4 Å². The molecule has 1 aromatic heterocycles. The number of aromatic hydroxyl groups is 7. The van der Waals surface area contributed by atoms with Crippen molar-refractivity contribution in [3.05, 3.63) is 70.4 Å². The Morgan fingerprint density at radius 3 is 2.09 bits per heavy atom. The number of fused-ring (bicyclic) bond motifs is 1. The summed E-state index contributed by atoms with van der Waals surface area (Å²) in [6.07, 6.45) is -3.44. The normalized spacial score (nSPS) is 20.8. The Labute approximate surface area is 262 Å². The Bertz CT molecular complexity index is 1930. The highest BCUT2D eigenvalue weighted by Gasteiger charge is 2.50. The molecular formula is C31H28O16. The van der Waals surface area contributed by atoms with E-state index >= 15 is 0 Å². The van der Waals surface area contributed by atoms with Crippen LogP contribution in [0.15, 0.2) is 63.8 Å². The van der Waals surface area contributed by atoms with Crippen LogP contribution in [0.25, 0.3) is 28.4 Å². The summed E-state index contributed by atoms with van der Waals surface area (Å²) in [7, 11) is 0. The van der Waals surface area contributed by atoms with Gasteiger partial charge in [-0.3, -0.25) is 4.79 Å². The molecule has 0 spiro atoms. The number of phenols is 6. The Hall–Kier alpha value is -5.97. The summed E-state index contributed by atoms with van der Waals surface area (Å²) in [5.41, 5.74) is -2.83. The highest BCUT2D eigenvalue weighted by Crippen LogP contribution is 2.38. The SMILES string of the molecule is O=C(/C=C/c1ccc(O)c(O)c1)O[C@@H]1C[C@](O)(C(=O)O)C[C@@H](O)[C@H]1O.O=c1c(O)c(-c2ccc(O)c(O)c2)oc2cc(O)cc(O)c12. The molecule has 11 N–H and O–H groups in total. The number of aliphatic carboxylic acids is 1. The Kier molecular flexibility index (Phi) is 9.51. The maximum absolute atomic E-state index is 12.1. The lowest BCUT2D eigenvalue weighted by Crippen LogP contribution is -2.57. The number of esters is 1. The van der Waals surface area contributed by atoms with Gasteiger partial charge in [0.15, 0.2) is 34.4 Å². The summed E-state index contributed by atoms with van der Waals surface area (Å²) in [5.74, 6) is -5.96. The third kappa shape index (κ3) is 7.30. The summed E-state index contributed by atoms with van der Waals surface area (Å²) in [6.45, 7) is 0. The average Bonchev–Trinajstić information content (AvgIpc) is 2.99. The van der Waals surface area contributed by atoms with Crippen LogP contribution < -0.4 is 5.43 Å². The second-order valence-corrected chi connectivity index (χ2v) is 10.5. The molecule has 1 aliphatic carbocycles. The minimum absolute atomic E-state index is 0.134. The zero-order valence-corrected chi connectivity index (χ0v) is 23.9. The smallest absolute Gasteiger partial charge is 0.335 e. The first kappa shape index (κ1) is 33.9. The van der Waals surface area contributed by atoms with Crippen molar-refractivity contribution in [2.24, 2.45) is 0 Å². The summed E-state index contributed by atoms with van der Waals surface area (Å²) in [6, 6.07) is 9.47. The fourth-order valence-corrected chi connectivity index (χ4v) is 4.67. The second-order valence-electron chi connectivity index (χ2n) is 10.5. The van der Waals surface area contributed by atoms with Crippen molar-refractivity contribution in [3.63, 3.8) is 0 Å². The van der Waals surface area contributed by atoms with Crippen LogP contribution in [0.5, 0.6) is 40.2 Å². The highest BCUT2D eigenvalue weighted by molar-refractivity contribution is 5.88. The van der Waals surface area contributed by atoms with Gasteiger partial charge in [-0.25, -0.2) is 9.59 Å². The van der Waals surface area contributed by atoms with Gasteiger partial charge in [0.25, 0.3) is 0 Å². The minimum atomic E-state index is -2.31. The van der Waals surface area contributed by atoms with Gasteiger partial charge in [-0.1, -0.05) is 6.07 Å². The fraction of sp³-hybridized carbons (Fsp3) is 0.194. The van der Waals surface area contributed by atoms with Gasteiger partial charge in [0, 0.05) is 36.6 Å². The van der Waals surface area contributed by atoms with E-state index in [1.54, 1.807) is 0 Å². The quantitative estimate of drug-likeness (QED) is 0.0820. The van der Waals surface area contributed by atoms with Gasteiger partial charge in [0.2, 0.25) is 11.2 Å². The molecule has 0 unspecified atom stereocenters. The Morgan fingerprint density at radius 1 is 0.830 bits per heavy atom. The summed E-state index contributed by atoms with van der Waals surface area (Å²) in [4.78, 5) is 35.1. The first-order valence-electron chi connectivity index (χ1n) is 13.5. The number of benzene rings is 3. The number of rotatable bonds is 5. The molecule has 3 aromatic carbocycles. The molecule has 0 radical (unpaired) electrons. The molecule has 4 aromatic rings. The number of carbonyl (C=O) groups is 2. The molecular weight excluding hydrogens is 628 g/mol. The van der Waals surface area contributed by atoms with Crippen molar-refractivity contribution in [3.8, 4) is 51.6 Å². The van der Waals surface area contributed by atoms with Crippen LogP contribution in [0.3, 0.4) is 0 Å². The van der Waals surface area contributed by atoms with Crippen LogP contribution in [0.2, 0.25) is 0 Å². The van der Waals surface area contributed by atoms with Crippen LogP contribution in [0.4, 0.5) is 0 Å². The molecule has 4 atom stereocenters. The van der Waals surface area contributed by atoms with Crippen molar-refractivity contribution < 1.29 is 74.9 Å². The molecule has 0 amide bonds. The number of aliphatic hydroxyl groups is 3. The number of hydrogen-bond donors (Lipinski definition) is 11. The predicted octanol–water partition coefficient (Wildman–Crippen LogP) is 1.34. The number of carboxylic acid groups (broad SMARTS) is 1. The molecule has 0 bridgehead atoms. The number of hydrogen-bond acceptors (Lipinski definition) is 15. The Balaban J connectivity index is 0.000000214. The van der Waals surface area contributed by atoms with Crippen molar-refractivity contribution in [1.29, 1.82) is 0 Å². The van der Waals surface area contributed by atoms with Gasteiger partial charge in [-0.15, -0.1) is 0 Å². The van der Waals surface area contributed by atoms with Gasteiger partial charge in [0.05, 0.1) is 6.10 Å². The molecule has 1 saturated carbocycles. The van der Waals surface area contributed by atoms with Crippen molar-refractivity contribution >= 4 is 29.0 Å². The standard InChI is InChI=1S/C16H18O9.C15H10O7/c17-9-3-1-8(5-10(9)18)2-4-13(20)25-12-7-16(24,15(22)23)6-11(19)14(12)21;16-7-4-10(19)12-11(5-7)22-15(14(21)13(12)20)6-1-2-8(17)9(18)3-6/h1-5,11-12,14,17-19,21,24H,6-7H2,(H,22,23);1-5,16-19,21H/b4-2+;/t11-,12-,14-,16+;/m1./s1. The highest BCUT2D eigenvalue weighted by atomic mass is 16.6. The van der Waals surface area contributed by atoms with E-state index in [-0.39, 0.29) is 45.3 Å². The third-order valence-electron chi connectivity index (χ3n) is 7.11. The number of carbonyl (C=O) groups excluding carboxylic acids is 1. The lowest BCUT2D eigenvalue weighted by atomic mass is 9.79. The molecule has 1 fully saturated rings. The van der Waals surface area contributed by atoms with Gasteiger partial charge in [-0.2, -0.15) is 0 Å². The minimum Gasteiger partial charge on any atom is -0.508 e. The number of aliphatic hydroxyl groups excluding tert-OH is 2. The molecule has 47 heavy (non-hydrogen) atoms. The van der Waals surface area contributed by atoms with Crippen LogP contribution in [-0.4, -0.2) is 92.0 Å². The van der Waals surface area contributed by atoms with E-state index in [2.05, 4.69) is 0 Å². The molecule has 16 heteroatoms. The number of carboxylic acids is 1. The molecule has 0 aliphatic heterocycles. The van der Waals surface area contributed by atoms with Crippen LogP contribution in [0, 0.1) is 0 Å². The van der Waals surface area contributed by atoms with Crippen molar-refractivity contribution in [1.82, 2.24) is 0 Å². The van der Waals surface area contributed by atoms with E-state index in [4.69, 9.17) is 14.3 Å². The molecule has 248 valence electrons. The van der Waals surface area contributed by atoms with Gasteiger partial charge < -0.3 is 65.3 Å². The number of ether oxygens (including phenoxy) is 1. The largest absolute Gasteiger partial charge is 0.508 e. The van der Waals surface area contributed by atoms with Gasteiger partial charge in [0.1, 0.15) is 34.7 Å². The van der Waals surface area contributed by atoms with Gasteiger partial charge >= 0.3 is 11.9 Å². The molecule has 16 nitrogen and oxygen atoms in total. The second kappa shape index (κ2) is 13.2. The molecule has 5 rings (SSSR count). The summed E-state index contributed by atoms with van der Waals surface area (Å²) in [5, 5.41) is 105. The van der Waals surface area contributed by atoms with E-state index in [1.807, 2.05) is 0 Å². The van der Waals surface area contributed by atoms with Crippen LogP contribution in [-0.2, 0) is 14.3 Å². The van der Waals surface area contributed by atoms with E-state index in [0.717, 1.165) is 30.3 Å². The van der Waals surface area contributed by atoms with Crippen LogP contribution >= 0.6 is 0 Å². The van der Waals surface area contributed by atoms with E-state index in [1.165, 1.54) is 30.3 Å². The first-order chi connectivity index (χ1) is 22.0. The average molecular weight is 657 g/mol. The first-order valence-corrected chi connectivity index (χ1v) is 13.5. The van der Waals surface area contributed by atoms with E-state index < -0.39 is 71.4 Å². The lowest BCUT2D eigenvalue weighted by molar-refractivity contribution is -0.196. The maximum atomic E-state index is 12.1. The zero-order valence-electron chi connectivity index (χ0n) is 23.9. The molecule has 1 heterocycles. The molecule has 0 saturated heterocycles. The monoisotopic (exact) mass is 656 g/mol. The van der Waals surface area contributed by atoms with E-state index in [9.17, 15) is 65.4 Å². The molecule has 1 aliphatic rings. The topological polar surface area (TPSA) is 296 Å². The Morgan fingerprint density at radius 2 is 1.47 bits per heavy atom. The third-order valence-corrected chi connectivity index (χ3v) is 7.11.